The van der Waals surface area contributed by atoms with Gasteiger partial charge in [0.2, 0.25) is 0 Å². The first-order valence-electron chi connectivity index (χ1n) is 6.53. The summed E-state index contributed by atoms with van der Waals surface area (Å²) in [6.07, 6.45) is 10.6. The fourth-order valence-corrected chi connectivity index (χ4v) is 3.06. The van der Waals surface area contributed by atoms with Gasteiger partial charge in [-0.3, -0.25) is 4.79 Å². The maximum atomic E-state index is 12.4. The van der Waals surface area contributed by atoms with Gasteiger partial charge in [0, 0.05) is 17.9 Å². The van der Waals surface area contributed by atoms with Crippen LogP contribution in [0.25, 0.3) is 0 Å². The van der Waals surface area contributed by atoms with Crippen molar-refractivity contribution in [1.29, 1.82) is 0 Å². The minimum atomic E-state index is -0.123. The second-order valence-corrected chi connectivity index (χ2v) is 5.39. The number of Topliss-reactive ketones (excluding diaryl/α,β-unsaturated/α-hetero) is 1. The Bertz CT molecular complexity index is 225. The predicted molar refractivity (Wildman–Crippen MR) is 61.5 cm³/mol. The van der Waals surface area contributed by atoms with Crippen molar-refractivity contribution in [2.45, 2.75) is 57.8 Å². The van der Waals surface area contributed by atoms with Crippen molar-refractivity contribution in [3.63, 3.8) is 0 Å². The van der Waals surface area contributed by atoms with E-state index in [1.165, 1.54) is 32.1 Å². The number of carbonyl (C=O) groups excluding carboxylic acids is 1. The molecule has 0 atom stereocenters. The molecule has 0 aliphatic heterocycles. The summed E-state index contributed by atoms with van der Waals surface area (Å²) >= 11 is 0. The van der Waals surface area contributed by atoms with E-state index in [-0.39, 0.29) is 5.41 Å². The highest BCUT2D eigenvalue weighted by atomic mass is 16.1. The zero-order valence-electron chi connectivity index (χ0n) is 9.63. The van der Waals surface area contributed by atoms with Gasteiger partial charge in [0.05, 0.1) is 0 Å². The molecule has 2 N–H and O–H groups in total. The van der Waals surface area contributed by atoms with Crippen molar-refractivity contribution in [2.75, 3.05) is 6.54 Å². The second kappa shape index (κ2) is 4.65. The van der Waals surface area contributed by atoms with E-state index < -0.39 is 0 Å². The Morgan fingerprint density at radius 2 is 1.67 bits per heavy atom. The van der Waals surface area contributed by atoms with Crippen LogP contribution in [0.5, 0.6) is 0 Å². The van der Waals surface area contributed by atoms with Crippen LogP contribution in [0.1, 0.15) is 57.8 Å². The summed E-state index contributed by atoms with van der Waals surface area (Å²) in [5.74, 6) is 0.879. The summed E-state index contributed by atoms with van der Waals surface area (Å²) in [5, 5.41) is 0. The Hall–Kier alpha value is -0.370. The van der Waals surface area contributed by atoms with Gasteiger partial charge in [-0.2, -0.15) is 0 Å². The number of ketones is 1. The lowest BCUT2D eigenvalue weighted by Gasteiger charge is -2.36. The highest BCUT2D eigenvalue weighted by Gasteiger charge is 2.42. The molecule has 2 rings (SSSR count). The molecule has 2 aliphatic carbocycles. The van der Waals surface area contributed by atoms with Crippen LogP contribution in [-0.4, -0.2) is 12.3 Å². The van der Waals surface area contributed by atoms with Crippen molar-refractivity contribution in [2.24, 2.45) is 17.1 Å². The average Bonchev–Trinajstić information content (AvgIpc) is 2.40. The number of carbonyl (C=O) groups is 1. The molecule has 0 aromatic rings. The lowest BCUT2D eigenvalue weighted by Crippen LogP contribution is -2.43. The summed E-state index contributed by atoms with van der Waals surface area (Å²) in [4.78, 5) is 12.4. The molecular weight excluding hydrogens is 186 g/mol. The molecule has 0 spiro atoms. The topological polar surface area (TPSA) is 43.1 Å². The molecule has 15 heavy (non-hydrogen) atoms. The molecule has 0 aromatic heterocycles. The Morgan fingerprint density at radius 3 is 2.07 bits per heavy atom. The van der Waals surface area contributed by atoms with Crippen molar-refractivity contribution in [3.05, 3.63) is 0 Å². The summed E-state index contributed by atoms with van der Waals surface area (Å²) in [7, 11) is 0. The van der Waals surface area contributed by atoms with Gasteiger partial charge in [-0.1, -0.05) is 32.1 Å². The van der Waals surface area contributed by atoms with E-state index in [0.29, 0.717) is 18.2 Å². The fraction of sp³-hybridized carbons (Fsp3) is 0.923. The maximum Gasteiger partial charge on any atom is 0.143 e. The normalized spacial score (nSPS) is 26.7. The largest absolute Gasteiger partial charge is 0.329 e. The Labute approximate surface area is 92.6 Å². The molecule has 2 heteroatoms. The van der Waals surface area contributed by atoms with Gasteiger partial charge in [0.1, 0.15) is 5.78 Å². The second-order valence-electron chi connectivity index (χ2n) is 5.39. The molecule has 0 amide bonds. The molecule has 0 aromatic carbocycles. The Balaban J connectivity index is 2.06. The van der Waals surface area contributed by atoms with E-state index in [2.05, 4.69) is 0 Å². The van der Waals surface area contributed by atoms with E-state index in [9.17, 15) is 4.79 Å². The van der Waals surface area contributed by atoms with Crippen molar-refractivity contribution in [3.8, 4) is 0 Å². The van der Waals surface area contributed by atoms with Gasteiger partial charge in [-0.15, -0.1) is 0 Å². The molecule has 0 heterocycles. The van der Waals surface area contributed by atoms with Crippen LogP contribution in [0.15, 0.2) is 0 Å². The van der Waals surface area contributed by atoms with E-state index in [1.807, 2.05) is 0 Å². The summed E-state index contributed by atoms with van der Waals surface area (Å²) in [6.45, 7) is 0.586. The minimum absolute atomic E-state index is 0.123. The van der Waals surface area contributed by atoms with Crippen molar-refractivity contribution in [1.82, 2.24) is 0 Å². The fourth-order valence-electron chi connectivity index (χ4n) is 3.06. The van der Waals surface area contributed by atoms with Gasteiger partial charge >= 0.3 is 0 Å². The lowest BCUT2D eigenvalue weighted by atomic mass is 9.67. The van der Waals surface area contributed by atoms with Gasteiger partial charge in [0.25, 0.3) is 0 Å². The summed E-state index contributed by atoms with van der Waals surface area (Å²) in [6, 6.07) is 0. The van der Waals surface area contributed by atoms with Gasteiger partial charge in [0.15, 0.2) is 0 Å². The number of hydrogen-bond acceptors (Lipinski definition) is 2. The highest BCUT2D eigenvalue weighted by Crippen LogP contribution is 2.41. The Kier molecular flexibility index (Phi) is 3.45. The van der Waals surface area contributed by atoms with Crippen LogP contribution in [0.2, 0.25) is 0 Å². The first-order valence-corrected chi connectivity index (χ1v) is 6.53. The maximum absolute atomic E-state index is 12.4. The highest BCUT2D eigenvalue weighted by molar-refractivity contribution is 5.87. The molecule has 2 fully saturated rings. The molecule has 2 aliphatic rings. The van der Waals surface area contributed by atoms with E-state index >= 15 is 0 Å². The Morgan fingerprint density at radius 1 is 1.07 bits per heavy atom. The standard InChI is InChI=1S/C13H23NO/c14-10-13(8-3-1-2-4-9-13)12(15)11-6-5-7-11/h11H,1-10,14H2. The van der Waals surface area contributed by atoms with Crippen LogP contribution in [0.3, 0.4) is 0 Å². The van der Waals surface area contributed by atoms with Crippen LogP contribution in [-0.2, 0) is 4.79 Å². The van der Waals surface area contributed by atoms with Gasteiger partial charge in [-0.05, 0) is 25.7 Å². The zero-order chi connectivity index (χ0) is 10.7. The molecule has 0 unspecified atom stereocenters. The molecule has 0 radical (unpaired) electrons. The molecule has 2 saturated carbocycles. The molecule has 0 bridgehead atoms. The summed E-state index contributed by atoms with van der Waals surface area (Å²) in [5.41, 5.74) is 5.78. The average molecular weight is 209 g/mol. The lowest BCUT2D eigenvalue weighted by molar-refractivity contribution is -0.135. The van der Waals surface area contributed by atoms with E-state index in [4.69, 9.17) is 5.73 Å². The van der Waals surface area contributed by atoms with Crippen LogP contribution >= 0.6 is 0 Å². The number of hydrogen-bond donors (Lipinski definition) is 1. The van der Waals surface area contributed by atoms with Crippen molar-refractivity contribution < 1.29 is 4.79 Å². The molecule has 2 nitrogen and oxygen atoms in total. The van der Waals surface area contributed by atoms with E-state index in [0.717, 1.165) is 25.7 Å². The van der Waals surface area contributed by atoms with Gasteiger partial charge < -0.3 is 5.73 Å². The monoisotopic (exact) mass is 209 g/mol. The number of nitrogens with two attached hydrogens (primary N) is 1. The third kappa shape index (κ3) is 2.10. The first kappa shape index (κ1) is 11.1. The SMILES string of the molecule is NCC1(C(=O)C2CCC2)CCCCCC1. The van der Waals surface area contributed by atoms with Crippen LogP contribution in [0.4, 0.5) is 0 Å². The predicted octanol–water partition coefficient (Wildman–Crippen LogP) is 2.65. The van der Waals surface area contributed by atoms with Crippen molar-refractivity contribution >= 4 is 5.78 Å². The smallest absolute Gasteiger partial charge is 0.143 e. The van der Waals surface area contributed by atoms with E-state index in [1.54, 1.807) is 0 Å². The minimum Gasteiger partial charge on any atom is -0.329 e. The first-order chi connectivity index (χ1) is 7.28. The number of rotatable bonds is 3. The third-order valence-electron chi connectivity index (χ3n) is 4.45. The molecular formula is C13H23NO. The summed E-state index contributed by atoms with van der Waals surface area (Å²) < 4.78 is 0. The molecule has 86 valence electrons. The third-order valence-corrected chi connectivity index (χ3v) is 4.45. The van der Waals surface area contributed by atoms with Crippen LogP contribution in [0, 0.1) is 11.3 Å². The zero-order valence-corrected chi connectivity index (χ0v) is 9.63. The van der Waals surface area contributed by atoms with Crippen LogP contribution < -0.4 is 5.73 Å². The molecule has 0 saturated heterocycles. The quantitative estimate of drug-likeness (QED) is 0.726. The van der Waals surface area contributed by atoms with Gasteiger partial charge in [-0.25, -0.2) is 0 Å².